The largest absolute Gasteiger partial charge is 0.366 e. The molecule has 1 N–H and O–H groups in total. The number of aromatic nitrogens is 4. The van der Waals surface area contributed by atoms with Gasteiger partial charge in [-0.15, -0.1) is 0 Å². The van der Waals surface area contributed by atoms with Gasteiger partial charge in [-0.25, -0.2) is 9.37 Å². The molecule has 2 aromatic carbocycles. The Balaban J connectivity index is 1.35. The van der Waals surface area contributed by atoms with E-state index in [0.717, 1.165) is 15.7 Å². The lowest BCUT2D eigenvalue weighted by atomic mass is 10.1. The molecular weight excluding hydrogens is 447 g/mol. The lowest BCUT2D eigenvalue weighted by Crippen LogP contribution is -2.47. The minimum atomic E-state index is -0.471. The van der Waals surface area contributed by atoms with Crippen molar-refractivity contribution in [3.8, 4) is 5.95 Å². The number of hydrogen-bond donors (Lipinski definition) is 1. The van der Waals surface area contributed by atoms with Gasteiger partial charge in [0.1, 0.15) is 10.8 Å². The number of nitrogens with one attached hydrogen (secondary N) is 1. The second kappa shape index (κ2) is 8.32. The van der Waals surface area contributed by atoms with Crippen molar-refractivity contribution < 1.29 is 9.18 Å². The van der Waals surface area contributed by atoms with E-state index < -0.39 is 11.4 Å². The highest BCUT2D eigenvalue weighted by molar-refractivity contribution is 6.33. The number of halogens is 2. The second-order valence-corrected chi connectivity index (χ2v) is 8.21. The van der Waals surface area contributed by atoms with E-state index in [9.17, 15) is 14.0 Å². The molecule has 5 rings (SSSR count). The summed E-state index contributed by atoms with van der Waals surface area (Å²) >= 11 is 6.44. The number of imidazole rings is 1. The van der Waals surface area contributed by atoms with E-state index in [1.165, 1.54) is 13.0 Å². The van der Waals surface area contributed by atoms with Crippen LogP contribution in [0.5, 0.6) is 0 Å². The number of carbonyl (C=O) groups is 1. The zero-order valence-electron chi connectivity index (χ0n) is 17.8. The zero-order chi connectivity index (χ0) is 23.1. The van der Waals surface area contributed by atoms with Crippen molar-refractivity contribution in [1.82, 2.24) is 19.7 Å². The minimum absolute atomic E-state index is 0.0518. The average molecular weight is 467 g/mol. The molecule has 0 aliphatic carbocycles. The SMILES string of the molecule is CC(=O)c1ccc(N2CCN(c3cnn(-c4nc5ccccc5[nH]4)c(=O)c3Cl)CC2)c(F)c1. The summed E-state index contributed by atoms with van der Waals surface area (Å²) < 4.78 is 15.7. The maximum Gasteiger partial charge on any atom is 0.295 e. The average Bonchev–Trinajstić information content (AvgIpc) is 3.25. The molecule has 0 amide bonds. The normalized spacial score (nSPS) is 14.2. The molecular formula is C23H20ClFN6O2. The maximum atomic E-state index is 14.5. The standard InChI is InChI=1S/C23H20ClFN6O2/c1-14(32)15-6-7-19(16(25)12-15)29-8-10-30(11-9-29)20-13-26-31(22(33)21(20)24)23-27-17-4-2-3-5-18(17)28-23/h2-7,12-13H,8-11H2,1H3,(H,27,28). The van der Waals surface area contributed by atoms with Crippen LogP contribution in [-0.4, -0.2) is 51.7 Å². The Labute approximate surface area is 193 Å². The van der Waals surface area contributed by atoms with Crippen molar-refractivity contribution in [1.29, 1.82) is 0 Å². The van der Waals surface area contributed by atoms with Gasteiger partial charge >= 0.3 is 0 Å². The van der Waals surface area contributed by atoms with E-state index in [1.54, 1.807) is 18.3 Å². The molecule has 0 unspecified atom stereocenters. The van der Waals surface area contributed by atoms with Gasteiger partial charge in [-0.05, 0) is 37.3 Å². The quantitative estimate of drug-likeness (QED) is 0.464. The zero-order valence-corrected chi connectivity index (χ0v) is 18.5. The number of para-hydroxylation sites is 2. The summed E-state index contributed by atoms with van der Waals surface area (Å²) in [5.41, 5.74) is 2.37. The number of anilines is 2. The van der Waals surface area contributed by atoms with Crippen molar-refractivity contribution in [3.05, 3.63) is 75.4 Å². The molecule has 4 aromatic rings. The Morgan fingerprint density at radius 2 is 1.76 bits per heavy atom. The van der Waals surface area contributed by atoms with Gasteiger partial charge in [-0.2, -0.15) is 9.78 Å². The number of fused-ring (bicyclic) bond motifs is 1. The van der Waals surface area contributed by atoms with Crippen molar-refractivity contribution in [2.45, 2.75) is 6.92 Å². The number of rotatable bonds is 4. The molecule has 1 aliphatic rings. The smallest absolute Gasteiger partial charge is 0.295 e. The Hall–Kier alpha value is -3.72. The van der Waals surface area contributed by atoms with Crippen LogP contribution >= 0.6 is 11.6 Å². The molecule has 168 valence electrons. The highest BCUT2D eigenvalue weighted by atomic mass is 35.5. The molecule has 0 saturated carbocycles. The predicted octanol–water partition coefficient (Wildman–Crippen LogP) is 3.43. The molecule has 0 radical (unpaired) electrons. The molecule has 1 saturated heterocycles. The molecule has 2 aromatic heterocycles. The van der Waals surface area contributed by atoms with E-state index in [2.05, 4.69) is 15.1 Å². The highest BCUT2D eigenvalue weighted by Gasteiger charge is 2.24. The van der Waals surface area contributed by atoms with Crippen molar-refractivity contribution in [2.75, 3.05) is 36.0 Å². The molecule has 0 bridgehead atoms. The first-order valence-corrected chi connectivity index (χ1v) is 10.8. The van der Waals surface area contributed by atoms with Gasteiger partial charge in [0, 0.05) is 31.7 Å². The van der Waals surface area contributed by atoms with Crippen LogP contribution in [0.1, 0.15) is 17.3 Å². The first kappa shape index (κ1) is 21.1. The number of nitrogens with zero attached hydrogens (tertiary/aromatic N) is 5. The van der Waals surface area contributed by atoms with E-state index in [0.29, 0.717) is 49.1 Å². The molecule has 1 aliphatic heterocycles. The minimum Gasteiger partial charge on any atom is -0.366 e. The number of piperazine rings is 1. The summed E-state index contributed by atoms with van der Waals surface area (Å²) in [5, 5.41) is 4.33. The van der Waals surface area contributed by atoms with Crippen molar-refractivity contribution in [2.24, 2.45) is 0 Å². The summed E-state index contributed by atoms with van der Waals surface area (Å²) in [5.74, 6) is -0.307. The Morgan fingerprint density at radius 1 is 1.06 bits per heavy atom. The van der Waals surface area contributed by atoms with Gasteiger partial charge in [0.15, 0.2) is 5.78 Å². The molecule has 10 heteroatoms. The maximum absolute atomic E-state index is 14.5. The van der Waals surface area contributed by atoms with Crippen molar-refractivity contribution in [3.63, 3.8) is 0 Å². The van der Waals surface area contributed by atoms with Crippen LogP contribution in [0.4, 0.5) is 15.8 Å². The third-order valence-electron chi connectivity index (χ3n) is 5.79. The van der Waals surface area contributed by atoms with Gasteiger partial charge in [0.25, 0.3) is 5.56 Å². The van der Waals surface area contributed by atoms with E-state index in [1.807, 2.05) is 34.1 Å². The lowest BCUT2D eigenvalue weighted by molar-refractivity contribution is 0.101. The number of aromatic amines is 1. The Morgan fingerprint density at radius 3 is 2.42 bits per heavy atom. The third-order valence-corrected chi connectivity index (χ3v) is 6.15. The topological polar surface area (TPSA) is 87.1 Å². The Kier molecular flexibility index (Phi) is 5.33. The van der Waals surface area contributed by atoms with Crippen molar-refractivity contribution >= 4 is 39.8 Å². The van der Waals surface area contributed by atoms with Gasteiger partial charge in [-0.3, -0.25) is 9.59 Å². The fraction of sp³-hybridized carbons (Fsp3) is 0.217. The number of carbonyl (C=O) groups excluding carboxylic acids is 1. The summed E-state index contributed by atoms with van der Waals surface area (Å²) in [7, 11) is 0. The first-order chi connectivity index (χ1) is 15.9. The number of hydrogen-bond acceptors (Lipinski definition) is 6. The summed E-state index contributed by atoms with van der Waals surface area (Å²) in [4.78, 5) is 35.7. The van der Waals surface area contributed by atoms with E-state index >= 15 is 0 Å². The van der Waals surface area contributed by atoms with E-state index in [4.69, 9.17) is 11.6 Å². The molecule has 33 heavy (non-hydrogen) atoms. The highest BCUT2D eigenvalue weighted by Crippen LogP contribution is 2.26. The van der Waals surface area contributed by atoms with Gasteiger partial charge in [0.2, 0.25) is 5.95 Å². The van der Waals surface area contributed by atoms with Crippen LogP contribution in [0.15, 0.2) is 53.5 Å². The number of ketones is 1. The van der Waals surface area contributed by atoms with E-state index in [-0.39, 0.29) is 10.8 Å². The van der Waals surface area contributed by atoms with Gasteiger partial charge in [0.05, 0.1) is 28.6 Å². The van der Waals surface area contributed by atoms with Crippen LogP contribution in [0, 0.1) is 5.82 Å². The summed E-state index contributed by atoms with van der Waals surface area (Å²) in [6, 6.07) is 12.0. The number of benzene rings is 2. The molecule has 8 nitrogen and oxygen atoms in total. The molecule has 0 atom stereocenters. The van der Waals surface area contributed by atoms with Crippen LogP contribution in [0.25, 0.3) is 17.0 Å². The molecule has 1 fully saturated rings. The lowest BCUT2D eigenvalue weighted by Gasteiger charge is -2.37. The predicted molar refractivity (Wildman–Crippen MR) is 125 cm³/mol. The van der Waals surface area contributed by atoms with Crippen LogP contribution in [0.2, 0.25) is 5.02 Å². The number of H-pyrrole nitrogens is 1. The summed E-state index contributed by atoms with van der Waals surface area (Å²) in [6.45, 7) is 3.53. The molecule has 0 spiro atoms. The first-order valence-electron chi connectivity index (χ1n) is 10.5. The number of Topliss-reactive ketones (excluding diaryl/α,β-unsaturated/α-hetero) is 1. The fourth-order valence-corrected chi connectivity index (χ4v) is 4.25. The van der Waals surface area contributed by atoms with Crippen LogP contribution < -0.4 is 15.4 Å². The van der Waals surface area contributed by atoms with Gasteiger partial charge in [-0.1, -0.05) is 23.7 Å². The second-order valence-electron chi connectivity index (χ2n) is 7.83. The third kappa shape index (κ3) is 3.84. The summed E-state index contributed by atoms with van der Waals surface area (Å²) in [6.07, 6.45) is 1.55. The van der Waals surface area contributed by atoms with Crippen LogP contribution in [0.3, 0.4) is 0 Å². The molecule has 3 heterocycles. The van der Waals surface area contributed by atoms with Crippen LogP contribution in [-0.2, 0) is 0 Å². The monoisotopic (exact) mass is 466 g/mol. The van der Waals surface area contributed by atoms with Gasteiger partial charge < -0.3 is 14.8 Å². The Bertz CT molecular complexity index is 1390. The fourth-order valence-electron chi connectivity index (χ4n) is 4.01.